The molecule has 1 aromatic rings. The first-order chi connectivity index (χ1) is 10.0. The van der Waals surface area contributed by atoms with Gasteiger partial charge in [0, 0.05) is 23.4 Å². The molecule has 1 aromatic carbocycles. The van der Waals surface area contributed by atoms with Crippen molar-refractivity contribution < 1.29 is 24.1 Å². The molecule has 1 rings (SSSR count). The molecule has 22 heavy (non-hydrogen) atoms. The lowest BCUT2D eigenvalue weighted by molar-refractivity contribution is 0.0113. The number of benzene rings is 1. The van der Waals surface area contributed by atoms with Crippen molar-refractivity contribution in [1.29, 1.82) is 0 Å². The summed E-state index contributed by atoms with van der Waals surface area (Å²) in [6.45, 7) is 6.30. The number of aliphatic hydroxyl groups is 2. The van der Waals surface area contributed by atoms with Crippen molar-refractivity contribution in [3.8, 4) is 0 Å². The van der Waals surface area contributed by atoms with Crippen molar-refractivity contribution in [2.24, 2.45) is 0 Å². The number of ether oxygens (including phenoxy) is 1. The highest BCUT2D eigenvalue weighted by Gasteiger charge is 2.24. The molecule has 0 radical (unpaired) electrons. The normalized spacial score (nSPS) is 14.3. The molecule has 0 saturated heterocycles. The molecular formula is C15H23FN2O4. The average Bonchev–Trinajstić information content (AvgIpc) is 2.40. The fraction of sp³-hybridized carbons (Fsp3) is 0.533. The maximum atomic E-state index is 14.0. The van der Waals surface area contributed by atoms with Gasteiger partial charge < -0.3 is 26.0 Å². The Hall–Kier alpha value is -1.86. The Morgan fingerprint density at radius 1 is 1.41 bits per heavy atom. The fourth-order valence-corrected chi connectivity index (χ4v) is 1.77. The number of carbonyl (C=O) groups excluding carboxylic acids is 1. The summed E-state index contributed by atoms with van der Waals surface area (Å²) in [6, 6.07) is 2.75. The van der Waals surface area contributed by atoms with Crippen molar-refractivity contribution in [2.75, 3.05) is 12.3 Å². The van der Waals surface area contributed by atoms with Crippen LogP contribution >= 0.6 is 0 Å². The minimum atomic E-state index is -1.49. The average molecular weight is 314 g/mol. The van der Waals surface area contributed by atoms with Crippen LogP contribution in [0.1, 0.15) is 38.0 Å². The SMILES string of the molecule is Cc1c(N)ccc(C(O)C(O)CNC(=O)OC(C)(C)C)c1F. The van der Waals surface area contributed by atoms with Gasteiger partial charge in [0.2, 0.25) is 0 Å². The van der Waals surface area contributed by atoms with E-state index in [0.717, 1.165) is 0 Å². The van der Waals surface area contributed by atoms with Crippen molar-refractivity contribution >= 4 is 11.8 Å². The smallest absolute Gasteiger partial charge is 0.407 e. The summed E-state index contributed by atoms with van der Waals surface area (Å²) >= 11 is 0. The number of carbonyl (C=O) groups is 1. The Bertz CT molecular complexity index is 543. The second kappa shape index (κ2) is 6.93. The number of nitrogens with two attached hydrogens (primary N) is 1. The fourth-order valence-electron chi connectivity index (χ4n) is 1.77. The molecule has 0 bridgehead atoms. The van der Waals surface area contributed by atoms with E-state index in [1.165, 1.54) is 19.1 Å². The lowest BCUT2D eigenvalue weighted by atomic mass is 10.0. The van der Waals surface area contributed by atoms with Crippen molar-refractivity contribution in [3.63, 3.8) is 0 Å². The number of nitrogen functional groups attached to an aromatic ring is 1. The van der Waals surface area contributed by atoms with Crippen LogP contribution in [0, 0.1) is 12.7 Å². The largest absolute Gasteiger partial charge is 0.444 e. The summed E-state index contributed by atoms with van der Waals surface area (Å²) in [6.07, 6.45) is -3.60. The number of alkyl carbamates (subject to hydrolysis) is 1. The lowest BCUT2D eigenvalue weighted by Gasteiger charge is -2.22. The predicted octanol–water partition coefficient (Wildman–Crippen LogP) is 1.64. The maximum Gasteiger partial charge on any atom is 0.407 e. The summed E-state index contributed by atoms with van der Waals surface area (Å²) in [5.41, 5.74) is 5.27. The van der Waals surface area contributed by atoms with Gasteiger partial charge in [-0.15, -0.1) is 0 Å². The molecule has 0 heterocycles. The Kier molecular flexibility index (Phi) is 5.73. The summed E-state index contributed by atoms with van der Waals surface area (Å²) in [5.74, 6) is -0.677. The molecule has 0 aliphatic heterocycles. The van der Waals surface area contributed by atoms with E-state index in [0.29, 0.717) is 0 Å². The molecule has 0 spiro atoms. The van der Waals surface area contributed by atoms with Gasteiger partial charge in [0.15, 0.2) is 0 Å². The van der Waals surface area contributed by atoms with Gasteiger partial charge in [-0.3, -0.25) is 0 Å². The Balaban J connectivity index is 2.68. The third-order valence-electron chi connectivity index (χ3n) is 3.00. The van der Waals surface area contributed by atoms with Crippen molar-refractivity contribution in [3.05, 3.63) is 29.1 Å². The molecule has 124 valence electrons. The van der Waals surface area contributed by atoms with Crippen LogP contribution in [-0.2, 0) is 4.74 Å². The lowest BCUT2D eigenvalue weighted by Crippen LogP contribution is -2.39. The van der Waals surface area contributed by atoms with Gasteiger partial charge in [-0.25, -0.2) is 9.18 Å². The molecule has 6 nitrogen and oxygen atoms in total. The van der Waals surface area contributed by atoms with Gasteiger partial charge in [-0.1, -0.05) is 6.07 Å². The number of hydrogen-bond acceptors (Lipinski definition) is 5. The van der Waals surface area contributed by atoms with Crippen LogP contribution in [-0.4, -0.2) is 34.6 Å². The summed E-state index contributed by atoms with van der Waals surface area (Å²) < 4.78 is 19.0. The minimum absolute atomic E-state index is 0.0785. The zero-order valence-electron chi connectivity index (χ0n) is 13.2. The first-order valence-electron chi connectivity index (χ1n) is 6.90. The Morgan fingerprint density at radius 2 is 2.00 bits per heavy atom. The third kappa shape index (κ3) is 4.85. The van der Waals surface area contributed by atoms with Crippen LogP contribution in [0.4, 0.5) is 14.9 Å². The van der Waals surface area contributed by atoms with Gasteiger partial charge in [-0.2, -0.15) is 0 Å². The van der Waals surface area contributed by atoms with E-state index in [4.69, 9.17) is 10.5 Å². The van der Waals surface area contributed by atoms with Crippen LogP contribution in [0.25, 0.3) is 0 Å². The minimum Gasteiger partial charge on any atom is -0.444 e. The molecule has 0 saturated carbocycles. The van der Waals surface area contributed by atoms with Crippen LogP contribution < -0.4 is 11.1 Å². The third-order valence-corrected chi connectivity index (χ3v) is 3.00. The molecule has 0 fully saturated rings. The second-order valence-electron chi connectivity index (χ2n) is 6.08. The molecule has 5 N–H and O–H groups in total. The van der Waals surface area contributed by atoms with Gasteiger partial charge in [0.1, 0.15) is 23.6 Å². The zero-order valence-corrected chi connectivity index (χ0v) is 13.2. The molecule has 0 aliphatic carbocycles. The van der Waals surface area contributed by atoms with E-state index in [1.807, 2.05) is 0 Å². The molecule has 1 amide bonds. The van der Waals surface area contributed by atoms with Gasteiger partial charge in [-0.05, 0) is 33.8 Å². The molecule has 2 atom stereocenters. The van der Waals surface area contributed by atoms with Gasteiger partial charge in [0.05, 0.1) is 0 Å². The second-order valence-corrected chi connectivity index (χ2v) is 6.08. The highest BCUT2D eigenvalue weighted by molar-refractivity contribution is 5.67. The first-order valence-corrected chi connectivity index (χ1v) is 6.90. The predicted molar refractivity (Wildman–Crippen MR) is 80.8 cm³/mol. The van der Waals surface area contributed by atoms with Crippen LogP contribution in [0.3, 0.4) is 0 Å². The number of aliphatic hydroxyl groups excluding tert-OH is 2. The quantitative estimate of drug-likeness (QED) is 0.632. The van der Waals surface area contributed by atoms with E-state index < -0.39 is 29.7 Å². The summed E-state index contributed by atoms with van der Waals surface area (Å²) in [5, 5.41) is 22.2. The van der Waals surface area contributed by atoms with Gasteiger partial charge in [0.25, 0.3) is 0 Å². The van der Waals surface area contributed by atoms with E-state index >= 15 is 0 Å². The number of anilines is 1. The number of halogens is 1. The van der Waals surface area contributed by atoms with E-state index in [1.54, 1.807) is 20.8 Å². The molecule has 7 heteroatoms. The topological polar surface area (TPSA) is 105 Å². The van der Waals surface area contributed by atoms with E-state index in [-0.39, 0.29) is 23.4 Å². The van der Waals surface area contributed by atoms with Crippen LogP contribution in [0.2, 0.25) is 0 Å². The number of hydrogen-bond donors (Lipinski definition) is 4. The number of rotatable bonds is 4. The first kappa shape index (κ1) is 18.2. The molecule has 0 aliphatic rings. The Morgan fingerprint density at radius 3 is 2.55 bits per heavy atom. The monoisotopic (exact) mass is 314 g/mol. The molecular weight excluding hydrogens is 291 g/mol. The standard InChI is InChI=1S/C15H23FN2O4/c1-8-10(17)6-5-9(12(8)16)13(20)11(19)7-18-14(21)22-15(2,3)4/h5-6,11,13,19-20H,7,17H2,1-4H3,(H,18,21). The highest BCUT2D eigenvalue weighted by atomic mass is 19.1. The zero-order chi connectivity index (χ0) is 17.1. The van der Waals surface area contributed by atoms with Crippen molar-refractivity contribution in [2.45, 2.75) is 45.5 Å². The van der Waals surface area contributed by atoms with Crippen LogP contribution in [0.5, 0.6) is 0 Å². The van der Waals surface area contributed by atoms with E-state index in [2.05, 4.69) is 5.32 Å². The molecule has 0 aromatic heterocycles. The molecule has 2 unspecified atom stereocenters. The maximum absolute atomic E-state index is 14.0. The van der Waals surface area contributed by atoms with E-state index in [9.17, 15) is 19.4 Å². The van der Waals surface area contributed by atoms with Gasteiger partial charge >= 0.3 is 6.09 Å². The summed E-state index contributed by atoms with van der Waals surface area (Å²) in [4.78, 5) is 11.5. The summed E-state index contributed by atoms with van der Waals surface area (Å²) in [7, 11) is 0. The highest BCUT2D eigenvalue weighted by Crippen LogP contribution is 2.25. The van der Waals surface area contributed by atoms with Crippen LogP contribution in [0.15, 0.2) is 12.1 Å². The van der Waals surface area contributed by atoms with Crippen molar-refractivity contribution in [1.82, 2.24) is 5.32 Å². The Labute approximate surface area is 129 Å². The number of amides is 1. The number of nitrogens with one attached hydrogen (secondary N) is 1.